The van der Waals surface area contributed by atoms with Gasteiger partial charge in [-0.3, -0.25) is 0 Å². The van der Waals surface area contributed by atoms with E-state index in [2.05, 4.69) is 334 Å². The molecule has 0 aliphatic carbocycles. The topological polar surface area (TPSA) is 155 Å². The van der Waals surface area contributed by atoms with E-state index in [1.165, 1.54) is 73.3 Å². The molecule has 0 atom stereocenters. The third kappa shape index (κ3) is 33.9. The van der Waals surface area contributed by atoms with Gasteiger partial charge in [-0.15, -0.1) is 113 Å². The Kier molecular flexibility index (Phi) is 52.4. The molecule has 18 heterocycles. The normalized spacial score (nSPS) is 11.0. The van der Waals surface area contributed by atoms with Gasteiger partial charge in [-0.25, -0.2) is 0 Å². The minimum atomic E-state index is -1.82. The van der Waals surface area contributed by atoms with Gasteiger partial charge >= 0.3 is 151 Å². The Labute approximate surface area is 1100 Å². The Morgan fingerprint density at radius 3 is 0.723 bits per heavy atom. The number of nitrogens with zero attached hydrogens (tertiary/aromatic N) is 12. The first-order chi connectivity index (χ1) is 70.7. The first-order valence-corrected chi connectivity index (χ1v) is 94.8. The average Bonchev–Trinajstić information content (AvgIpc) is 1.65. The Morgan fingerprint density at radius 1 is 0.216 bits per heavy atom. The Bertz CT molecular complexity index is 8050. The van der Waals surface area contributed by atoms with Crippen LogP contribution in [-0.4, -0.2) is 89.2 Å². The van der Waals surface area contributed by atoms with E-state index in [1.54, 1.807) is 116 Å². The molecular formula is C90H50Br14Cl12N12S18Sn2. The van der Waals surface area contributed by atoms with Crippen LogP contribution in [0.15, 0.2) is 229 Å². The molecule has 18 aromatic heterocycles. The van der Waals surface area contributed by atoms with Crippen LogP contribution in [-0.2, 0) is 0 Å². The SMILES string of the molecule is BrBr.BrBr.Brc1ccc(Br)c2nsnc12.Brc1ccc(Br)c2nsnc12.Clc1cc(-c2ccc(-c3cc(Cl)c(Br)s3)c3nsnc23)sc1Br.Clc1cc(Br)sc1-c1ccc(-c2sc(Br)cc2Cl)c2nsnc12.Clc1ccsc1-c1ccc(-c2sccc2Cl)c2nsnc12.Clc1ccsc1Br.Clc1csc(-c2ccc(-c3cc(Cl)cs3)c3nsnc23)c1.Clc1csc(Br)c1.[CH3][Sn]([CH3])([CH3])[c]1cc(Cl)cs1.[CH3][Sn]([CH3])([CH3])[c]1sccc1Cl. The van der Waals surface area contributed by atoms with Crippen molar-refractivity contribution in [3.63, 3.8) is 0 Å². The Balaban J connectivity index is 0.000000140. The molecule has 0 aliphatic rings. The molecule has 0 radical (unpaired) electrons. The molecule has 0 aliphatic heterocycles. The van der Waals surface area contributed by atoms with Crippen LogP contribution in [0.25, 0.3) is 150 Å². The first kappa shape index (κ1) is 127. The summed E-state index contributed by atoms with van der Waals surface area (Å²) in [6.45, 7) is 0. The summed E-state index contributed by atoms with van der Waals surface area (Å²) in [5, 5.41) is 25.1. The second-order valence-electron chi connectivity index (χ2n) is 30.7. The number of fused-ring (bicyclic) bond motifs is 6. The van der Waals surface area contributed by atoms with Crippen molar-refractivity contribution in [2.45, 2.75) is 29.6 Å². The van der Waals surface area contributed by atoms with Crippen LogP contribution < -0.4 is 5.79 Å². The van der Waals surface area contributed by atoms with E-state index >= 15 is 0 Å². The molecular weight excluding hydrogens is 3610 g/mol. The molecule has 0 spiro atoms. The van der Waals surface area contributed by atoms with E-state index in [4.69, 9.17) is 139 Å². The van der Waals surface area contributed by atoms with Gasteiger partial charge in [-0.2, -0.15) is 52.5 Å². The molecule has 24 rings (SSSR count). The molecule has 24 aromatic rings. The van der Waals surface area contributed by atoms with E-state index in [1.807, 2.05) is 176 Å². The van der Waals surface area contributed by atoms with Gasteiger partial charge in [0.05, 0.1) is 163 Å². The Morgan fingerprint density at radius 2 is 0.507 bits per heavy atom. The van der Waals surface area contributed by atoms with Crippen molar-refractivity contribution in [2.24, 2.45) is 0 Å². The summed E-state index contributed by atoms with van der Waals surface area (Å²) in [5.41, 5.74) is 19.0. The van der Waals surface area contributed by atoms with E-state index in [0.717, 1.165) is 231 Å². The van der Waals surface area contributed by atoms with Crippen LogP contribution in [0.3, 0.4) is 0 Å². The molecule has 148 heavy (non-hydrogen) atoms. The van der Waals surface area contributed by atoms with Gasteiger partial charge in [0.1, 0.15) is 66.2 Å². The number of benzene rings is 6. The number of halogens is 26. The first-order valence-electron chi connectivity index (χ1n) is 40.2. The van der Waals surface area contributed by atoms with Gasteiger partial charge in [-0.1, -0.05) is 165 Å². The quantitative estimate of drug-likeness (QED) is 0.120. The average molecular weight is 3660 g/mol. The van der Waals surface area contributed by atoms with Crippen LogP contribution in [0, 0.1) is 0 Å². The van der Waals surface area contributed by atoms with Crippen molar-refractivity contribution in [3.8, 4) is 83.5 Å². The van der Waals surface area contributed by atoms with Crippen LogP contribution >= 0.6 is 561 Å². The van der Waals surface area contributed by atoms with Crippen molar-refractivity contribution in [3.05, 3.63) is 290 Å². The summed E-state index contributed by atoms with van der Waals surface area (Å²) >= 11 is 141. The monoisotopic (exact) mass is 3640 g/mol. The zero-order valence-corrected chi connectivity index (χ0v) is 126. The third-order valence-corrected chi connectivity index (χ3v) is 65.7. The summed E-state index contributed by atoms with van der Waals surface area (Å²) in [5.74, 6) is 0. The fourth-order valence-electron chi connectivity index (χ4n) is 12.6. The number of aromatic nitrogens is 12. The molecule has 0 bridgehead atoms. The van der Waals surface area contributed by atoms with Gasteiger partial charge in [0.2, 0.25) is 0 Å². The second kappa shape index (κ2) is 60.9. The molecule has 0 saturated carbocycles. The van der Waals surface area contributed by atoms with Crippen molar-refractivity contribution in [1.82, 2.24) is 52.5 Å². The zero-order valence-electron chi connectivity index (χ0n) is 74.0. The van der Waals surface area contributed by atoms with Gasteiger partial charge in [-0.05, 0) is 260 Å². The van der Waals surface area contributed by atoms with Gasteiger partial charge < -0.3 is 0 Å². The molecule has 6 aromatic carbocycles. The maximum atomic E-state index is 6.34. The van der Waals surface area contributed by atoms with Gasteiger partial charge in [0, 0.05) is 155 Å². The molecule has 0 fully saturated rings. The second-order valence-corrected chi connectivity index (χ2v) is 92.6. The number of thiophene rings is 12. The molecule has 0 unspecified atom stereocenters. The van der Waals surface area contributed by atoms with E-state index in [-0.39, 0.29) is 0 Å². The molecule has 12 nitrogen and oxygen atoms in total. The summed E-state index contributed by atoms with van der Waals surface area (Å²) < 4.78 is 65.2. The number of hydrogen-bond acceptors (Lipinski definition) is 30. The summed E-state index contributed by atoms with van der Waals surface area (Å²) in [7, 11) is 0. The van der Waals surface area contributed by atoms with Gasteiger partial charge in [0.15, 0.2) is 0 Å². The maximum absolute atomic E-state index is 6.34. The van der Waals surface area contributed by atoms with E-state index < -0.39 is 36.8 Å². The molecule has 768 valence electrons. The predicted molar refractivity (Wildman–Crippen MR) is 727 cm³/mol. The fourth-order valence-corrected chi connectivity index (χ4v) is 48.5. The van der Waals surface area contributed by atoms with Crippen LogP contribution in [0.5, 0.6) is 0 Å². The number of rotatable bonds is 10. The van der Waals surface area contributed by atoms with E-state index in [9.17, 15) is 0 Å². The van der Waals surface area contributed by atoms with Crippen molar-refractivity contribution in [1.29, 1.82) is 0 Å². The molecule has 0 N–H and O–H groups in total. The van der Waals surface area contributed by atoms with Crippen molar-refractivity contribution < 1.29 is 0 Å². The molecule has 0 saturated heterocycles. The Hall–Kier alpha value is 2.44. The summed E-state index contributed by atoms with van der Waals surface area (Å²) in [6, 6.07) is 47.5. The summed E-state index contributed by atoms with van der Waals surface area (Å²) in [6.07, 6.45) is 0. The minimum absolute atomic E-state index is 0.708. The zero-order chi connectivity index (χ0) is 107. The van der Waals surface area contributed by atoms with Gasteiger partial charge in [0.25, 0.3) is 0 Å². The van der Waals surface area contributed by atoms with Crippen molar-refractivity contribution >= 4 is 670 Å². The van der Waals surface area contributed by atoms with E-state index in [0.29, 0.717) is 20.1 Å². The third-order valence-electron chi connectivity index (χ3n) is 19.0. The van der Waals surface area contributed by atoms with Crippen molar-refractivity contribution in [2.75, 3.05) is 0 Å². The summed E-state index contributed by atoms with van der Waals surface area (Å²) in [4.78, 5) is 22.7. The predicted octanol–water partition coefficient (Wildman–Crippen LogP) is 50.9. The van der Waals surface area contributed by atoms with Crippen LogP contribution in [0.4, 0.5) is 0 Å². The molecule has 0 amide bonds. The van der Waals surface area contributed by atoms with Crippen LogP contribution in [0.2, 0.25) is 89.9 Å². The van der Waals surface area contributed by atoms with Crippen LogP contribution in [0.1, 0.15) is 0 Å². The standard InChI is InChI=1S/2C14H4Br2Cl2N2S3.2C14H6Cl2N2S3.2C6H2Br2N2S.2C4H2BrClS.2C4H2ClS.6CH3.2Br2.2Sn/c15-9-3-7(17)13(21-9)5-1-2-6(12-11(5)19-23-20-12)14-8(18)4-10(16)22-14;15-13-7(17)3-9(21-13)5-1-2-6(12-11(5)19-23-20-12)10-4-8(18)14(16)22-10;15-7-3-11(19-5-7)9-1-2-10(12-4-8(16)6-20-12)14-13(9)17-21-18-14;15-9-3-5-19-13(9)7-1-2-8(12-11(7)17-21-18-12)14-10(16)4-6-20-14;2*7-3-1-2-4(8)6-5(3)9-11-10-6;5-4-1-3(6)2-7-4;5-4-3(6)1-2-7-4;2*5-4-1-2-6-3-4;;;;;;;2*1-2;;/h2*1-4H;2*1-6H;2*1-2H;2*1-2H;1,3H;1-2H;6*1H3;;;;. The number of hydrogen-bond donors (Lipinski definition) is 0. The molecule has 58 heteroatoms. The fraction of sp³-hybridized carbons (Fsp3) is 0.0667.